The minimum atomic E-state index is -2.08. The maximum Gasteiger partial charge on any atom is 0.222 e. The monoisotopic (exact) mass is 502 g/mol. The van der Waals surface area contributed by atoms with Crippen molar-refractivity contribution >= 4 is 30.1 Å². The van der Waals surface area contributed by atoms with Gasteiger partial charge in [0.1, 0.15) is 5.82 Å². The fourth-order valence-electron chi connectivity index (χ4n) is 5.37. The second kappa shape index (κ2) is 9.24. The molecule has 7 heteroatoms. The molecule has 0 radical (unpaired) electrons. The molecule has 2 aromatic heterocycles. The lowest BCUT2D eigenvalue weighted by Crippen LogP contribution is -2.52. The molecule has 31 heavy (non-hydrogen) atoms. The normalized spacial score (nSPS) is 12.3. The summed E-state index contributed by atoms with van der Waals surface area (Å²) in [5.41, 5.74) is 5.47. The van der Waals surface area contributed by atoms with Crippen molar-refractivity contribution in [3.63, 3.8) is 0 Å². The van der Waals surface area contributed by atoms with Crippen LogP contribution >= 0.6 is 15.9 Å². The van der Waals surface area contributed by atoms with Crippen LogP contribution in [0.15, 0.2) is 47.2 Å². The van der Waals surface area contributed by atoms with Crippen LogP contribution in [0.1, 0.15) is 41.5 Å². The number of nitrogens with zero attached hydrogens (tertiary/aromatic N) is 3. The summed E-state index contributed by atoms with van der Waals surface area (Å²) in [6, 6.07) is 8.75. The molecule has 0 fully saturated rings. The Morgan fingerprint density at radius 1 is 0.968 bits per heavy atom. The van der Waals surface area contributed by atoms with Crippen LogP contribution in [0.2, 0.25) is 16.6 Å². The average Bonchev–Trinajstić information content (AvgIpc) is 3.05. The van der Waals surface area contributed by atoms with E-state index in [1.165, 1.54) is 12.1 Å². The van der Waals surface area contributed by atoms with E-state index in [4.69, 9.17) is 4.98 Å². The number of hydrogen-bond donors (Lipinski definition) is 1. The third kappa shape index (κ3) is 4.10. The van der Waals surface area contributed by atoms with Gasteiger partial charge in [-0.1, -0.05) is 41.5 Å². The highest BCUT2D eigenvalue weighted by Gasteiger charge is 2.47. The number of anilines is 1. The quantitative estimate of drug-likeness (QED) is 0.338. The Balaban J connectivity index is 2.44. The topological polar surface area (TPSA) is 42.7 Å². The van der Waals surface area contributed by atoms with Gasteiger partial charge in [-0.3, -0.25) is 0 Å². The first-order valence-corrected chi connectivity index (χ1v) is 13.8. The minimum absolute atomic E-state index is 0.234. The molecule has 0 aliphatic heterocycles. The standard InChI is InChI=1S/C24H32BrFN4Si/c1-15(2)31(16(3)4,17(5)6)30-14-20(25)22(21-12-13-28-24(27-7)29-21)23(30)18-8-10-19(26)11-9-18/h8-17H,1-7H3,(H,27,28,29). The van der Waals surface area contributed by atoms with E-state index in [-0.39, 0.29) is 5.82 Å². The molecule has 0 atom stereocenters. The Morgan fingerprint density at radius 3 is 2.06 bits per heavy atom. The van der Waals surface area contributed by atoms with Crippen LogP contribution in [0.25, 0.3) is 22.5 Å². The molecule has 0 saturated heterocycles. The lowest BCUT2D eigenvalue weighted by molar-refractivity contribution is 0.628. The molecule has 1 N–H and O–H groups in total. The summed E-state index contributed by atoms with van der Waals surface area (Å²) in [6.45, 7) is 14.1. The Hall–Kier alpha value is -1.99. The predicted molar refractivity (Wildman–Crippen MR) is 135 cm³/mol. The van der Waals surface area contributed by atoms with E-state index >= 15 is 0 Å². The van der Waals surface area contributed by atoms with Crippen LogP contribution in [-0.2, 0) is 0 Å². The van der Waals surface area contributed by atoms with Gasteiger partial charge in [-0.25, -0.2) is 14.4 Å². The van der Waals surface area contributed by atoms with Gasteiger partial charge >= 0.3 is 0 Å². The van der Waals surface area contributed by atoms with E-state index in [2.05, 4.69) is 78.2 Å². The fourth-order valence-corrected chi connectivity index (χ4v) is 12.8. The van der Waals surface area contributed by atoms with Gasteiger partial charge in [-0.2, -0.15) is 0 Å². The van der Waals surface area contributed by atoms with E-state index in [9.17, 15) is 4.39 Å². The number of aromatic nitrogens is 3. The van der Waals surface area contributed by atoms with Crippen molar-refractivity contribution in [3.05, 3.63) is 53.0 Å². The van der Waals surface area contributed by atoms with Crippen molar-refractivity contribution in [2.45, 2.75) is 58.2 Å². The molecule has 3 aromatic rings. The molecule has 3 rings (SSSR count). The highest BCUT2D eigenvalue weighted by molar-refractivity contribution is 9.10. The smallest absolute Gasteiger partial charge is 0.222 e. The highest BCUT2D eigenvalue weighted by Crippen LogP contribution is 2.49. The number of nitrogens with one attached hydrogen (secondary N) is 1. The zero-order chi connectivity index (χ0) is 22.9. The van der Waals surface area contributed by atoms with Crippen LogP contribution in [-0.4, -0.2) is 29.5 Å². The fraction of sp³-hybridized carbons (Fsp3) is 0.417. The molecule has 0 bridgehead atoms. The average molecular weight is 504 g/mol. The summed E-state index contributed by atoms with van der Waals surface area (Å²) in [7, 11) is -0.262. The first-order chi connectivity index (χ1) is 14.6. The Bertz CT molecular complexity index is 1020. The van der Waals surface area contributed by atoms with E-state index in [1.807, 2.05) is 25.2 Å². The van der Waals surface area contributed by atoms with Crippen molar-refractivity contribution in [2.75, 3.05) is 12.4 Å². The van der Waals surface area contributed by atoms with Crippen molar-refractivity contribution in [2.24, 2.45) is 0 Å². The summed E-state index contributed by atoms with van der Waals surface area (Å²) in [5.74, 6) is 0.337. The molecule has 2 heterocycles. The Morgan fingerprint density at radius 2 is 1.55 bits per heavy atom. The van der Waals surface area contributed by atoms with Gasteiger partial charge in [-0.15, -0.1) is 0 Å². The number of rotatable bonds is 7. The van der Waals surface area contributed by atoms with Gasteiger partial charge in [0.25, 0.3) is 0 Å². The summed E-state index contributed by atoms with van der Waals surface area (Å²) in [4.78, 5) is 9.01. The predicted octanol–water partition coefficient (Wildman–Crippen LogP) is 7.58. The van der Waals surface area contributed by atoms with Crippen molar-refractivity contribution in [1.82, 2.24) is 14.2 Å². The molecule has 1 aromatic carbocycles. The van der Waals surface area contributed by atoms with Crippen LogP contribution in [0, 0.1) is 5.82 Å². The van der Waals surface area contributed by atoms with Gasteiger partial charge < -0.3 is 9.55 Å². The van der Waals surface area contributed by atoms with Crippen molar-refractivity contribution in [3.8, 4) is 22.5 Å². The molecular weight excluding hydrogens is 471 g/mol. The highest BCUT2D eigenvalue weighted by atomic mass is 79.9. The molecule has 0 spiro atoms. The Kier molecular flexibility index (Phi) is 7.06. The minimum Gasteiger partial charge on any atom is -0.372 e. The maximum absolute atomic E-state index is 13.8. The molecule has 0 aliphatic rings. The first-order valence-electron chi connectivity index (χ1n) is 10.8. The van der Waals surface area contributed by atoms with Gasteiger partial charge in [0.05, 0.1) is 11.4 Å². The second-order valence-corrected chi connectivity index (χ2v) is 15.5. The van der Waals surface area contributed by atoms with E-state index in [1.54, 1.807) is 6.20 Å². The molecule has 0 aliphatic carbocycles. The molecule has 0 amide bonds. The number of benzene rings is 1. The SMILES string of the molecule is CNc1nccc(-c2c(Br)cn([Si](C(C)C)(C(C)C)C(C)C)c2-c2ccc(F)cc2)n1. The third-order valence-electron chi connectivity index (χ3n) is 6.40. The van der Waals surface area contributed by atoms with Crippen molar-refractivity contribution in [1.29, 1.82) is 0 Å². The zero-order valence-corrected chi connectivity index (χ0v) is 22.0. The lowest BCUT2D eigenvalue weighted by atomic mass is 10.1. The Labute approximate surface area is 194 Å². The summed E-state index contributed by atoms with van der Waals surface area (Å²) in [5, 5.41) is 3.03. The van der Waals surface area contributed by atoms with Gasteiger partial charge in [0.15, 0.2) is 8.24 Å². The van der Waals surface area contributed by atoms with Gasteiger partial charge in [0.2, 0.25) is 5.95 Å². The first kappa shape index (κ1) is 23.7. The summed E-state index contributed by atoms with van der Waals surface area (Å²) >= 11 is 3.85. The van der Waals surface area contributed by atoms with Crippen LogP contribution < -0.4 is 5.32 Å². The summed E-state index contributed by atoms with van der Waals surface area (Å²) in [6.07, 6.45) is 4.01. The maximum atomic E-state index is 13.8. The molecule has 0 unspecified atom stereocenters. The summed E-state index contributed by atoms with van der Waals surface area (Å²) < 4.78 is 17.3. The van der Waals surface area contributed by atoms with Crippen LogP contribution in [0.4, 0.5) is 10.3 Å². The van der Waals surface area contributed by atoms with Crippen LogP contribution in [0.3, 0.4) is 0 Å². The number of hydrogen-bond acceptors (Lipinski definition) is 3. The largest absolute Gasteiger partial charge is 0.372 e. The van der Waals surface area contributed by atoms with E-state index in [0.29, 0.717) is 22.6 Å². The van der Waals surface area contributed by atoms with E-state index in [0.717, 1.165) is 27.0 Å². The molecular formula is C24H32BrFN4Si. The van der Waals surface area contributed by atoms with E-state index < -0.39 is 8.24 Å². The molecule has 4 nitrogen and oxygen atoms in total. The van der Waals surface area contributed by atoms with Crippen LogP contribution in [0.5, 0.6) is 0 Å². The molecule has 0 saturated carbocycles. The molecule has 166 valence electrons. The van der Waals surface area contributed by atoms with Gasteiger partial charge in [0, 0.05) is 29.5 Å². The second-order valence-electron chi connectivity index (χ2n) is 8.94. The lowest BCUT2D eigenvalue weighted by Gasteiger charge is -2.45. The zero-order valence-electron chi connectivity index (χ0n) is 19.4. The van der Waals surface area contributed by atoms with Crippen molar-refractivity contribution < 1.29 is 4.39 Å². The van der Waals surface area contributed by atoms with Gasteiger partial charge in [-0.05, 0) is 68.4 Å². The third-order valence-corrected chi connectivity index (χ3v) is 13.7. The number of halogens is 2.